The SMILES string of the molecule is C=C(C)[C@H]1CC2=C(O1)C(=O)c1c(O)cccc1C2=O. The van der Waals surface area contributed by atoms with Crippen LogP contribution in [0.2, 0.25) is 0 Å². The molecule has 0 amide bonds. The zero-order valence-corrected chi connectivity index (χ0v) is 10.4. The first-order chi connectivity index (χ1) is 9.00. The van der Waals surface area contributed by atoms with Crippen LogP contribution in [-0.2, 0) is 4.74 Å². The molecule has 1 aromatic rings. The van der Waals surface area contributed by atoms with Crippen LogP contribution in [0.15, 0.2) is 41.7 Å². The molecule has 19 heavy (non-hydrogen) atoms. The molecule has 0 radical (unpaired) electrons. The fraction of sp³-hybridized carbons (Fsp3) is 0.200. The molecule has 1 aromatic carbocycles. The molecule has 1 N–H and O–H groups in total. The molecule has 2 aliphatic rings. The monoisotopic (exact) mass is 256 g/mol. The number of rotatable bonds is 1. The normalized spacial score (nSPS) is 21.0. The molecule has 1 aliphatic heterocycles. The minimum Gasteiger partial charge on any atom is -0.507 e. The first-order valence-corrected chi connectivity index (χ1v) is 5.97. The van der Waals surface area contributed by atoms with Crippen LogP contribution < -0.4 is 0 Å². The Hall–Kier alpha value is -2.36. The first-order valence-electron chi connectivity index (χ1n) is 5.97. The van der Waals surface area contributed by atoms with E-state index in [2.05, 4.69) is 6.58 Å². The van der Waals surface area contributed by atoms with Gasteiger partial charge in [-0.15, -0.1) is 0 Å². The lowest BCUT2D eigenvalue weighted by Gasteiger charge is -2.16. The van der Waals surface area contributed by atoms with E-state index in [1.807, 2.05) is 0 Å². The van der Waals surface area contributed by atoms with Crippen LogP contribution in [0.4, 0.5) is 0 Å². The summed E-state index contributed by atoms with van der Waals surface area (Å²) in [5.74, 6) is -0.799. The van der Waals surface area contributed by atoms with Gasteiger partial charge in [0, 0.05) is 12.0 Å². The number of hydrogen-bond donors (Lipinski definition) is 1. The molecular weight excluding hydrogens is 244 g/mol. The minimum atomic E-state index is -0.425. The molecule has 0 fully saturated rings. The van der Waals surface area contributed by atoms with E-state index in [9.17, 15) is 14.7 Å². The Bertz CT molecular complexity index is 667. The number of carbonyl (C=O) groups is 2. The predicted molar refractivity (Wildman–Crippen MR) is 68.1 cm³/mol. The lowest BCUT2D eigenvalue weighted by atomic mass is 9.86. The Kier molecular flexibility index (Phi) is 2.35. The smallest absolute Gasteiger partial charge is 0.232 e. The number of carbonyl (C=O) groups excluding carboxylic acids is 2. The number of ether oxygens (including phenoxy) is 1. The van der Waals surface area contributed by atoms with Gasteiger partial charge in [-0.3, -0.25) is 9.59 Å². The van der Waals surface area contributed by atoms with Crippen LogP contribution in [0.25, 0.3) is 0 Å². The Labute approximate surface area is 110 Å². The van der Waals surface area contributed by atoms with Crippen LogP contribution in [0.1, 0.15) is 34.1 Å². The van der Waals surface area contributed by atoms with E-state index in [4.69, 9.17) is 4.74 Å². The van der Waals surface area contributed by atoms with Crippen LogP contribution in [-0.4, -0.2) is 22.8 Å². The summed E-state index contributed by atoms with van der Waals surface area (Å²) >= 11 is 0. The summed E-state index contributed by atoms with van der Waals surface area (Å²) in [5, 5.41) is 9.77. The van der Waals surface area contributed by atoms with Gasteiger partial charge in [0.1, 0.15) is 11.9 Å². The van der Waals surface area contributed by atoms with Crippen molar-refractivity contribution in [3.8, 4) is 5.75 Å². The van der Waals surface area contributed by atoms with Gasteiger partial charge in [0.25, 0.3) is 0 Å². The number of Topliss-reactive ketones (excluding diaryl/α,β-unsaturated/α-hetero) is 2. The third-order valence-electron chi connectivity index (χ3n) is 3.47. The van der Waals surface area contributed by atoms with Gasteiger partial charge in [0.2, 0.25) is 5.78 Å². The van der Waals surface area contributed by atoms with Gasteiger partial charge in [-0.25, -0.2) is 0 Å². The van der Waals surface area contributed by atoms with E-state index in [0.717, 1.165) is 5.57 Å². The van der Waals surface area contributed by atoms with Gasteiger partial charge in [-0.2, -0.15) is 0 Å². The third kappa shape index (κ3) is 1.53. The second-order valence-electron chi connectivity index (χ2n) is 4.82. The maximum atomic E-state index is 12.3. The lowest BCUT2D eigenvalue weighted by Crippen LogP contribution is -2.20. The van der Waals surface area contributed by atoms with E-state index in [1.54, 1.807) is 19.1 Å². The third-order valence-corrected chi connectivity index (χ3v) is 3.47. The highest BCUT2D eigenvalue weighted by atomic mass is 16.5. The largest absolute Gasteiger partial charge is 0.507 e. The maximum Gasteiger partial charge on any atom is 0.232 e. The molecule has 4 heteroatoms. The van der Waals surface area contributed by atoms with Crippen LogP contribution >= 0.6 is 0 Å². The first kappa shape index (κ1) is 11.7. The average molecular weight is 256 g/mol. The van der Waals surface area contributed by atoms with Crippen molar-refractivity contribution in [1.82, 2.24) is 0 Å². The van der Waals surface area contributed by atoms with Crippen molar-refractivity contribution in [2.75, 3.05) is 0 Å². The lowest BCUT2D eigenvalue weighted by molar-refractivity contribution is 0.0873. The van der Waals surface area contributed by atoms with E-state index in [-0.39, 0.29) is 34.5 Å². The summed E-state index contributed by atoms with van der Waals surface area (Å²) in [4.78, 5) is 24.6. The van der Waals surface area contributed by atoms with Gasteiger partial charge < -0.3 is 9.84 Å². The molecule has 1 aliphatic carbocycles. The highest BCUT2D eigenvalue weighted by Crippen LogP contribution is 2.39. The zero-order valence-electron chi connectivity index (χ0n) is 10.4. The molecule has 96 valence electrons. The molecule has 1 atom stereocenters. The molecule has 1 heterocycles. The molecule has 0 bridgehead atoms. The molecule has 0 aromatic heterocycles. The fourth-order valence-corrected chi connectivity index (χ4v) is 2.44. The number of fused-ring (bicyclic) bond motifs is 1. The van der Waals surface area contributed by atoms with E-state index >= 15 is 0 Å². The zero-order chi connectivity index (χ0) is 13.7. The number of hydrogen-bond acceptors (Lipinski definition) is 4. The number of allylic oxidation sites excluding steroid dienone is 1. The summed E-state index contributed by atoms with van der Waals surface area (Å²) in [6, 6.07) is 4.49. The summed E-state index contributed by atoms with van der Waals surface area (Å²) in [6.07, 6.45) is 0.0269. The van der Waals surface area contributed by atoms with E-state index < -0.39 is 5.78 Å². The van der Waals surface area contributed by atoms with Crippen molar-refractivity contribution in [3.05, 3.63) is 52.8 Å². The van der Waals surface area contributed by atoms with Crippen molar-refractivity contribution in [3.63, 3.8) is 0 Å². The van der Waals surface area contributed by atoms with Crippen LogP contribution in [0.3, 0.4) is 0 Å². The van der Waals surface area contributed by atoms with Crippen LogP contribution in [0, 0.1) is 0 Å². The summed E-state index contributed by atoms with van der Waals surface area (Å²) in [5.41, 5.74) is 1.43. The number of phenols is 1. The summed E-state index contributed by atoms with van der Waals surface area (Å²) < 4.78 is 5.52. The number of benzene rings is 1. The molecule has 0 spiro atoms. The minimum absolute atomic E-state index is 0.0358. The molecule has 0 saturated heterocycles. The maximum absolute atomic E-state index is 12.3. The standard InChI is InChI=1S/C15H12O4/c1-7(2)11-6-9-13(17)8-4-3-5-10(16)12(8)14(18)15(9)19-11/h3-5,11,16H,1,6H2,2H3/t11-/m1/s1. The molecule has 3 rings (SSSR count). The highest BCUT2D eigenvalue weighted by molar-refractivity contribution is 6.27. The summed E-state index contributed by atoms with van der Waals surface area (Å²) in [6.45, 7) is 5.58. The Balaban J connectivity index is 2.13. The number of aromatic hydroxyl groups is 1. The molecule has 0 saturated carbocycles. The summed E-state index contributed by atoms with van der Waals surface area (Å²) in [7, 11) is 0. The highest BCUT2D eigenvalue weighted by Gasteiger charge is 2.41. The van der Waals surface area contributed by atoms with Crippen molar-refractivity contribution in [2.45, 2.75) is 19.4 Å². The van der Waals surface area contributed by atoms with Gasteiger partial charge in [-0.1, -0.05) is 18.7 Å². The second-order valence-corrected chi connectivity index (χ2v) is 4.82. The van der Waals surface area contributed by atoms with Crippen molar-refractivity contribution in [2.24, 2.45) is 0 Å². The Morgan fingerprint density at radius 1 is 1.37 bits per heavy atom. The fourth-order valence-electron chi connectivity index (χ4n) is 2.44. The molecular formula is C15H12O4. The van der Waals surface area contributed by atoms with Gasteiger partial charge in [0.15, 0.2) is 11.5 Å². The van der Waals surface area contributed by atoms with Gasteiger partial charge in [-0.05, 0) is 18.6 Å². The Morgan fingerprint density at radius 3 is 2.79 bits per heavy atom. The average Bonchev–Trinajstić information content (AvgIpc) is 2.81. The van der Waals surface area contributed by atoms with Crippen molar-refractivity contribution >= 4 is 11.6 Å². The van der Waals surface area contributed by atoms with Crippen molar-refractivity contribution < 1.29 is 19.4 Å². The topological polar surface area (TPSA) is 63.6 Å². The van der Waals surface area contributed by atoms with Crippen LogP contribution in [0.5, 0.6) is 5.75 Å². The van der Waals surface area contributed by atoms with E-state index in [1.165, 1.54) is 6.07 Å². The van der Waals surface area contributed by atoms with Gasteiger partial charge in [0.05, 0.1) is 11.1 Å². The predicted octanol–water partition coefficient (Wildman–Crippen LogP) is 2.39. The number of ketones is 2. The van der Waals surface area contributed by atoms with Gasteiger partial charge >= 0.3 is 0 Å². The number of phenolic OH excluding ortho intramolecular Hbond substituents is 1. The molecule has 4 nitrogen and oxygen atoms in total. The van der Waals surface area contributed by atoms with E-state index in [0.29, 0.717) is 12.0 Å². The molecule has 0 unspecified atom stereocenters. The van der Waals surface area contributed by atoms with Crippen molar-refractivity contribution in [1.29, 1.82) is 0 Å². The second kappa shape index (κ2) is 3.82. The Morgan fingerprint density at radius 2 is 2.11 bits per heavy atom. The quantitative estimate of drug-likeness (QED) is 0.783.